The third kappa shape index (κ3) is 5.07. The van der Waals surface area contributed by atoms with Crippen LogP contribution in [0, 0.1) is 0 Å². The quantitative estimate of drug-likeness (QED) is 0.877. The number of carbonyl (C=O) groups is 1. The lowest BCUT2D eigenvalue weighted by molar-refractivity contribution is 0.0925. The normalized spacial score (nSPS) is 16.8. The van der Waals surface area contributed by atoms with Crippen molar-refractivity contribution >= 4 is 24.1 Å². The fourth-order valence-electron chi connectivity index (χ4n) is 2.44. The third-order valence-corrected chi connectivity index (χ3v) is 3.44. The highest BCUT2D eigenvalue weighted by atomic mass is 35.5. The van der Waals surface area contributed by atoms with Crippen molar-refractivity contribution in [2.24, 2.45) is 0 Å². The van der Waals surface area contributed by atoms with Crippen molar-refractivity contribution in [2.75, 3.05) is 5.73 Å². The maximum Gasteiger partial charge on any atom is 0.270 e. The zero-order valence-electron chi connectivity index (χ0n) is 11.1. The van der Waals surface area contributed by atoms with Crippen molar-refractivity contribution in [3.05, 3.63) is 23.9 Å². The molecule has 1 aromatic rings. The second-order valence-corrected chi connectivity index (χ2v) is 4.96. The highest BCUT2D eigenvalue weighted by Crippen LogP contribution is 2.17. The second kappa shape index (κ2) is 8.00. The molecule has 106 valence electrons. The topological polar surface area (TPSA) is 68.0 Å². The van der Waals surface area contributed by atoms with Gasteiger partial charge in [-0.1, -0.05) is 38.2 Å². The van der Waals surface area contributed by atoms with Crippen LogP contribution in [0.3, 0.4) is 0 Å². The zero-order chi connectivity index (χ0) is 12.8. The molecule has 1 aliphatic carbocycles. The largest absolute Gasteiger partial charge is 0.384 e. The molecule has 1 fully saturated rings. The van der Waals surface area contributed by atoms with Crippen molar-refractivity contribution < 1.29 is 4.79 Å². The summed E-state index contributed by atoms with van der Waals surface area (Å²) in [5.41, 5.74) is 6.00. The van der Waals surface area contributed by atoms with Crippen molar-refractivity contribution in [1.29, 1.82) is 0 Å². The number of aromatic nitrogens is 1. The van der Waals surface area contributed by atoms with E-state index in [4.69, 9.17) is 5.73 Å². The lowest BCUT2D eigenvalue weighted by Crippen LogP contribution is -2.35. The first-order valence-electron chi connectivity index (χ1n) is 6.79. The molecule has 1 aromatic heterocycles. The van der Waals surface area contributed by atoms with E-state index < -0.39 is 0 Å². The minimum absolute atomic E-state index is 0. The predicted octanol–water partition coefficient (Wildman–Crippen LogP) is 2.93. The van der Waals surface area contributed by atoms with Gasteiger partial charge in [0.25, 0.3) is 5.91 Å². The molecule has 0 aliphatic heterocycles. The van der Waals surface area contributed by atoms with E-state index in [1.807, 2.05) is 0 Å². The predicted molar refractivity (Wildman–Crippen MR) is 79.5 cm³/mol. The molecule has 1 heterocycles. The van der Waals surface area contributed by atoms with Gasteiger partial charge in [-0.2, -0.15) is 0 Å². The van der Waals surface area contributed by atoms with Crippen LogP contribution in [0.15, 0.2) is 18.2 Å². The molecule has 2 rings (SSSR count). The number of halogens is 1. The standard InChI is InChI=1S/C14H21N3O.ClH/c15-13-10-6-9-12(17-13)14(18)16-11-7-4-2-1-3-5-8-11;/h6,9-11H,1-5,7-8H2,(H2,15,17)(H,16,18);1H. The Labute approximate surface area is 120 Å². The number of nitrogens with two attached hydrogens (primary N) is 1. The van der Waals surface area contributed by atoms with Crippen LogP contribution in [-0.2, 0) is 0 Å². The molecule has 4 nitrogen and oxygen atoms in total. The molecule has 0 unspecified atom stereocenters. The molecular weight excluding hydrogens is 262 g/mol. The van der Waals surface area contributed by atoms with Crippen LogP contribution < -0.4 is 11.1 Å². The van der Waals surface area contributed by atoms with E-state index in [0.717, 1.165) is 12.8 Å². The number of anilines is 1. The highest BCUT2D eigenvalue weighted by molar-refractivity contribution is 5.92. The molecule has 0 atom stereocenters. The first kappa shape index (κ1) is 15.8. The maximum atomic E-state index is 12.0. The molecule has 0 saturated heterocycles. The highest BCUT2D eigenvalue weighted by Gasteiger charge is 2.15. The Kier molecular flexibility index (Phi) is 6.64. The molecule has 1 amide bonds. The maximum absolute atomic E-state index is 12.0. The first-order chi connectivity index (χ1) is 8.75. The third-order valence-electron chi connectivity index (χ3n) is 3.44. The Bertz CT molecular complexity index is 403. The van der Waals surface area contributed by atoms with E-state index >= 15 is 0 Å². The summed E-state index contributed by atoms with van der Waals surface area (Å²) in [6, 6.07) is 5.44. The van der Waals surface area contributed by atoms with Crippen molar-refractivity contribution in [3.8, 4) is 0 Å². The summed E-state index contributed by atoms with van der Waals surface area (Å²) in [6.07, 6.45) is 8.45. The van der Waals surface area contributed by atoms with Gasteiger partial charge in [0, 0.05) is 6.04 Å². The summed E-state index contributed by atoms with van der Waals surface area (Å²) in [4.78, 5) is 16.1. The summed E-state index contributed by atoms with van der Waals surface area (Å²) < 4.78 is 0. The van der Waals surface area contributed by atoms with Crippen molar-refractivity contribution in [2.45, 2.75) is 51.0 Å². The van der Waals surface area contributed by atoms with Gasteiger partial charge in [0.2, 0.25) is 0 Å². The van der Waals surface area contributed by atoms with Crippen LogP contribution in [0.2, 0.25) is 0 Å². The van der Waals surface area contributed by atoms with Gasteiger partial charge in [0.05, 0.1) is 0 Å². The fourth-order valence-corrected chi connectivity index (χ4v) is 2.44. The Morgan fingerprint density at radius 3 is 2.42 bits per heavy atom. The molecule has 1 aliphatic rings. The fraction of sp³-hybridized carbons (Fsp3) is 0.571. The lowest BCUT2D eigenvalue weighted by Gasteiger charge is -2.20. The Balaban J connectivity index is 0.00000180. The molecule has 0 aromatic carbocycles. The van der Waals surface area contributed by atoms with Crippen LogP contribution >= 0.6 is 12.4 Å². The van der Waals surface area contributed by atoms with E-state index in [1.54, 1.807) is 18.2 Å². The van der Waals surface area contributed by atoms with Gasteiger partial charge in [-0.15, -0.1) is 12.4 Å². The van der Waals surface area contributed by atoms with Gasteiger partial charge in [-0.05, 0) is 25.0 Å². The van der Waals surface area contributed by atoms with Crippen molar-refractivity contribution in [1.82, 2.24) is 10.3 Å². The van der Waals surface area contributed by atoms with E-state index in [0.29, 0.717) is 17.6 Å². The number of nitrogen functional groups attached to an aromatic ring is 1. The van der Waals surface area contributed by atoms with Gasteiger partial charge < -0.3 is 11.1 Å². The Morgan fingerprint density at radius 1 is 1.16 bits per heavy atom. The van der Waals surface area contributed by atoms with Gasteiger partial charge >= 0.3 is 0 Å². The molecule has 5 heteroatoms. The Morgan fingerprint density at radius 2 is 1.79 bits per heavy atom. The smallest absolute Gasteiger partial charge is 0.270 e. The molecule has 0 spiro atoms. The molecule has 0 radical (unpaired) electrons. The SMILES string of the molecule is Cl.Nc1cccc(C(=O)NC2CCCCCCC2)n1. The second-order valence-electron chi connectivity index (χ2n) is 4.96. The number of hydrogen-bond acceptors (Lipinski definition) is 3. The van der Waals surface area contributed by atoms with Gasteiger partial charge in [0.15, 0.2) is 0 Å². The molecule has 0 bridgehead atoms. The summed E-state index contributed by atoms with van der Waals surface area (Å²) in [5, 5.41) is 3.07. The molecular formula is C14H22ClN3O. The minimum atomic E-state index is -0.104. The number of nitrogens with zero attached hydrogens (tertiary/aromatic N) is 1. The van der Waals surface area contributed by atoms with Crippen LogP contribution in [0.25, 0.3) is 0 Å². The number of nitrogens with one attached hydrogen (secondary N) is 1. The van der Waals surface area contributed by atoms with Crippen LogP contribution in [0.4, 0.5) is 5.82 Å². The number of hydrogen-bond donors (Lipinski definition) is 2. The molecule has 3 N–H and O–H groups in total. The average Bonchev–Trinajstić information content (AvgIpc) is 2.32. The minimum Gasteiger partial charge on any atom is -0.384 e. The van der Waals surface area contributed by atoms with Gasteiger partial charge in [0.1, 0.15) is 11.5 Å². The molecule has 1 saturated carbocycles. The first-order valence-corrected chi connectivity index (χ1v) is 6.79. The summed E-state index contributed by atoms with van der Waals surface area (Å²) in [5.74, 6) is 0.285. The van der Waals surface area contributed by atoms with Gasteiger partial charge in [-0.3, -0.25) is 4.79 Å². The lowest BCUT2D eigenvalue weighted by atomic mass is 9.96. The van der Waals surface area contributed by atoms with E-state index in [9.17, 15) is 4.79 Å². The van der Waals surface area contributed by atoms with Crippen LogP contribution in [0.5, 0.6) is 0 Å². The number of carbonyl (C=O) groups excluding carboxylic acids is 1. The van der Waals surface area contributed by atoms with Gasteiger partial charge in [-0.25, -0.2) is 4.98 Å². The monoisotopic (exact) mass is 283 g/mol. The number of rotatable bonds is 2. The average molecular weight is 284 g/mol. The number of amides is 1. The van der Waals surface area contributed by atoms with E-state index in [2.05, 4.69) is 10.3 Å². The zero-order valence-corrected chi connectivity index (χ0v) is 11.9. The van der Waals surface area contributed by atoms with Crippen molar-refractivity contribution in [3.63, 3.8) is 0 Å². The van der Waals surface area contributed by atoms with E-state index in [1.165, 1.54) is 32.1 Å². The molecule has 19 heavy (non-hydrogen) atoms. The van der Waals surface area contributed by atoms with Crippen LogP contribution in [-0.4, -0.2) is 16.9 Å². The Hall–Kier alpha value is -1.29. The van der Waals surface area contributed by atoms with E-state index in [-0.39, 0.29) is 18.3 Å². The summed E-state index contributed by atoms with van der Waals surface area (Å²) in [6.45, 7) is 0. The van der Waals surface area contributed by atoms with Crippen LogP contribution in [0.1, 0.15) is 55.4 Å². The summed E-state index contributed by atoms with van der Waals surface area (Å²) in [7, 11) is 0. The summed E-state index contributed by atoms with van der Waals surface area (Å²) >= 11 is 0. The number of pyridine rings is 1.